The Hall–Kier alpha value is -2.89. The second-order valence-corrected chi connectivity index (χ2v) is 5.86. The smallest absolute Gasteiger partial charge is 0.261 e. The first-order valence-electron chi connectivity index (χ1n) is 7.77. The summed E-state index contributed by atoms with van der Waals surface area (Å²) in [5.74, 6) is 0.152. The van der Waals surface area contributed by atoms with Crippen molar-refractivity contribution < 1.29 is 14.3 Å². The Morgan fingerprint density at radius 1 is 1.29 bits per heavy atom. The number of carbonyl (C=O) groups is 2. The molecule has 0 fully saturated rings. The van der Waals surface area contributed by atoms with E-state index in [1.165, 1.54) is 5.56 Å². The van der Waals surface area contributed by atoms with Crippen molar-refractivity contribution in [3.05, 3.63) is 53.3 Å². The highest BCUT2D eigenvalue weighted by molar-refractivity contribution is 5.95. The van der Waals surface area contributed by atoms with Crippen LogP contribution in [0.1, 0.15) is 16.7 Å². The standard InChI is InChI=1S/C18H19N3O3/c1-11-6-13-8-16(24-15(13)7-12(11)2)18(23)20-10-17(22)21-14-4-3-5-19-9-14/h3-7,9,16H,8,10H2,1-2H3,(H,20,23)(H,21,22). The first-order chi connectivity index (χ1) is 11.5. The summed E-state index contributed by atoms with van der Waals surface area (Å²) in [7, 11) is 0. The Bertz CT molecular complexity index is 744. The average molecular weight is 325 g/mol. The predicted molar refractivity (Wildman–Crippen MR) is 89.9 cm³/mol. The van der Waals surface area contributed by atoms with Crippen molar-refractivity contribution in [3.8, 4) is 5.75 Å². The van der Waals surface area contributed by atoms with E-state index in [0.717, 1.165) is 16.9 Å². The van der Waals surface area contributed by atoms with E-state index in [-0.39, 0.29) is 18.4 Å². The number of pyridine rings is 1. The maximum atomic E-state index is 12.2. The summed E-state index contributed by atoms with van der Waals surface area (Å²) < 4.78 is 5.70. The van der Waals surface area contributed by atoms with E-state index in [1.54, 1.807) is 24.5 Å². The molecule has 0 spiro atoms. The molecule has 1 aliphatic rings. The molecule has 2 amide bonds. The van der Waals surface area contributed by atoms with Crippen LogP contribution >= 0.6 is 0 Å². The van der Waals surface area contributed by atoms with Gasteiger partial charge in [-0.1, -0.05) is 6.07 Å². The van der Waals surface area contributed by atoms with Gasteiger partial charge in [0.05, 0.1) is 18.4 Å². The quantitative estimate of drug-likeness (QED) is 0.897. The van der Waals surface area contributed by atoms with Crippen molar-refractivity contribution >= 4 is 17.5 Å². The van der Waals surface area contributed by atoms with Crippen molar-refractivity contribution in [2.24, 2.45) is 0 Å². The topological polar surface area (TPSA) is 80.3 Å². The normalized spacial score (nSPS) is 15.3. The molecule has 1 aromatic heterocycles. The van der Waals surface area contributed by atoms with Gasteiger partial charge >= 0.3 is 0 Å². The molecule has 2 aromatic rings. The first kappa shape index (κ1) is 16.0. The van der Waals surface area contributed by atoms with Crippen LogP contribution in [-0.2, 0) is 16.0 Å². The molecule has 0 aliphatic carbocycles. The molecule has 2 heterocycles. The molecule has 0 radical (unpaired) electrons. The zero-order valence-electron chi connectivity index (χ0n) is 13.6. The predicted octanol–water partition coefficient (Wildman–Crippen LogP) is 1.76. The Kier molecular flexibility index (Phi) is 4.46. The number of anilines is 1. The second-order valence-electron chi connectivity index (χ2n) is 5.86. The molecular weight excluding hydrogens is 306 g/mol. The third-order valence-electron chi connectivity index (χ3n) is 4.01. The van der Waals surface area contributed by atoms with Crippen molar-refractivity contribution in [1.82, 2.24) is 10.3 Å². The van der Waals surface area contributed by atoms with Crippen molar-refractivity contribution in [2.45, 2.75) is 26.4 Å². The lowest BCUT2D eigenvalue weighted by Crippen LogP contribution is -2.41. The number of aryl methyl sites for hydroxylation is 2. The Balaban J connectivity index is 1.52. The summed E-state index contributed by atoms with van der Waals surface area (Å²) in [5, 5.41) is 5.28. The van der Waals surface area contributed by atoms with Gasteiger partial charge in [0.1, 0.15) is 5.75 Å². The summed E-state index contributed by atoms with van der Waals surface area (Å²) in [6.45, 7) is 3.93. The van der Waals surface area contributed by atoms with Crippen LogP contribution in [0.5, 0.6) is 5.75 Å². The van der Waals surface area contributed by atoms with E-state index < -0.39 is 6.10 Å². The molecule has 3 rings (SSSR count). The van der Waals surface area contributed by atoms with E-state index in [2.05, 4.69) is 15.6 Å². The van der Waals surface area contributed by atoms with E-state index in [9.17, 15) is 9.59 Å². The van der Waals surface area contributed by atoms with Crippen molar-refractivity contribution in [2.75, 3.05) is 11.9 Å². The van der Waals surface area contributed by atoms with Gasteiger partial charge < -0.3 is 15.4 Å². The van der Waals surface area contributed by atoms with Crippen LogP contribution in [0, 0.1) is 13.8 Å². The molecule has 1 atom stereocenters. The highest BCUT2D eigenvalue weighted by atomic mass is 16.5. The zero-order chi connectivity index (χ0) is 17.1. The van der Waals surface area contributed by atoms with Crippen LogP contribution in [0.25, 0.3) is 0 Å². The van der Waals surface area contributed by atoms with E-state index in [1.807, 2.05) is 26.0 Å². The van der Waals surface area contributed by atoms with Gasteiger partial charge in [-0.25, -0.2) is 0 Å². The number of benzene rings is 1. The van der Waals surface area contributed by atoms with E-state index >= 15 is 0 Å². The fourth-order valence-electron chi connectivity index (χ4n) is 2.58. The summed E-state index contributed by atoms with van der Waals surface area (Å²) in [4.78, 5) is 28.0. The lowest BCUT2D eigenvalue weighted by molar-refractivity contribution is -0.129. The number of fused-ring (bicyclic) bond motifs is 1. The minimum atomic E-state index is -0.590. The number of nitrogens with zero attached hydrogens (tertiary/aromatic N) is 1. The monoisotopic (exact) mass is 325 g/mol. The maximum Gasteiger partial charge on any atom is 0.261 e. The highest BCUT2D eigenvalue weighted by Crippen LogP contribution is 2.31. The third-order valence-corrected chi connectivity index (χ3v) is 4.01. The highest BCUT2D eigenvalue weighted by Gasteiger charge is 2.29. The van der Waals surface area contributed by atoms with Crippen molar-refractivity contribution in [3.63, 3.8) is 0 Å². The fraction of sp³-hybridized carbons (Fsp3) is 0.278. The number of amides is 2. The Labute approximate surface area is 140 Å². The van der Waals surface area contributed by atoms with Crippen LogP contribution in [0.15, 0.2) is 36.7 Å². The number of hydrogen-bond acceptors (Lipinski definition) is 4. The van der Waals surface area contributed by atoms with E-state index in [0.29, 0.717) is 12.1 Å². The van der Waals surface area contributed by atoms with Gasteiger partial charge in [0.15, 0.2) is 6.10 Å². The lowest BCUT2D eigenvalue weighted by atomic mass is 10.0. The summed E-state index contributed by atoms with van der Waals surface area (Å²) in [5.41, 5.74) is 3.92. The van der Waals surface area contributed by atoms with Gasteiger partial charge in [-0.05, 0) is 48.7 Å². The Morgan fingerprint density at radius 2 is 2.08 bits per heavy atom. The van der Waals surface area contributed by atoms with Gasteiger partial charge in [0.2, 0.25) is 5.91 Å². The average Bonchev–Trinajstić information content (AvgIpc) is 2.97. The number of rotatable bonds is 4. The molecule has 0 bridgehead atoms. The summed E-state index contributed by atoms with van der Waals surface area (Å²) >= 11 is 0. The van der Waals surface area contributed by atoms with Crippen LogP contribution < -0.4 is 15.4 Å². The molecule has 6 heteroatoms. The minimum Gasteiger partial charge on any atom is -0.480 e. The number of carbonyl (C=O) groups excluding carboxylic acids is 2. The lowest BCUT2D eigenvalue weighted by Gasteiger charge is -2.11. The molecule has 1 unspecified atom stereocenters. The zero-order valence-corrected chi connectivity index (χ0v) is 13.6. The SMILES string of the molecule is Cc1cc2c(cc1C)OC(C(=O)NCC(=O)Nc1cccnc1)C2. The molecule has 1 aliphatic heterocycles. The largest absolute Gasteiger partial charge is 0.480 e. The first-order valence-corrected chi connectivity index (χ1v) is 7.77. The fourth-order valence-corrected chi connectivity index (χ4v) is 2.58. The van der Waals surface area contributed by atoms with E-state index in [4.69, 9.17) is 4.74 Å². The maximum absolute atomic E-state index is 12.2. The summed E-state index contributed by atoms with van der Waals surface area (Å²) in [6, 6.07) is 7.45. The number of hydrogen-bond donors (Lipinski definition) is 2. The summed E-state index contributed by atoms with van der Waals surface area (Å²) in [6.07, 6.45) is 3.09. The molecule has 24 heavy (non-hydrogen) atoms. The van der Waals surface area contributed by atoms with Gasteiger partial charge in [-0.15, -0.1) is 0 Å². The molecule has 1 aromatic carbocycles. The van der Waals surface area contributed by atoms with Gasteiger partial charge in [-0.2, -0.15) is 0 Å². The van der Waals surface area contributed by atoms with Crippen LogP contribution in [0.3, 0.4) is 0 Å². The van der Waals surface area contributed by atoms with Gasteiger partial charge in [0.25, 0.3) is 5.91 Å². The molecule has 6 nitrogen and oxygen atoms in total. The molecule has 2 N–H and O–H groups in total. The van der Waals surface area contributed by atoms with Gasteiger partial charge in [-0.3, -0.25) is 14.6 Å². The van der Waals surface area contributed by atoms with Gasteiger partial charge in [0, 0.05) is 12.6 Å². The second kappa shape index (κ2) is 6.70. The number of aromatic nitrogens is 1. The Morgan fingerprint density at radius 3 is 2.83 bits per heavy atom. The molecular formula is C18H19N3O3. The van der Waals surface area contributed by atoms with Crippen molar-refractivity contribution in [1.29, 1.82) is 0 Å². The molecule has 0 saturated heterocycles. The van der Waals surface area contributed by atoms with Crippen LogP contribution in [0.2, 0.25) is 0 Å². The van der Waals surface area contributed by atoms with Crippen LogP contribution in [-0.4, -0.2) is 29.4 Å². The molecule has 0 saturated carbocycles. The molecule has 124 valence electrons. The number of nitrogens with one attached hydrogen (secondary N) is 2. The number of ether oxygens (including phenoxy) is 1. The minimum absolute atomic E-state index is 0.109. The third kappa shape index (κ3) is 3.53. The van der Waals surface area contributed by atoms with Crippen LogP contribution in [0.4, 0.5) is 5.69 Å².